The molecule has 164 valence electrons. The van der Waals surface area contributed by atoms with Crippen molar-refractivity contribution in [1.82, 2.24) is 0 Å². The zero-order valence-electron chi connectivity index (χ0n) is 15.7. The number of aromatic hydroxyl groups is 5. The molecule has 4 atom stereocenters. The van der Waals surface area contributed by atoms with E-state index < -0.39 is 41.9 Å². The third kappa shape index (κ3) is 3.70. The van der Waals surface area contributed by atoms with Gasteiger partial charge in [0.1, 0.15) is 35.2 Å². The summed E-state index contributed by atoms with van der Waals surface area (Å²) >= 11 is 0. The number of benzene rings is 2. The summed E-state index contributed by atoms with van der Waals surface area (Å²) < 4.78 is 16.6. The topological polar surface area (TPSA) is 192 Å². The fraction of sp³-hybridized carbons (Fsp3) is 0.250. The molecule has 1 saturated heterocycles. The molecule has 11 nitrogen and oxygen atoms in total. The van der Waals surface area contributed by atoms with Crippen LogP contribution in [0.4, 0.5) is 0 Å². The van der Waals surface area contributed by atoms with Gasteiger partial charge in [-0.05, 0) is 0 Å². The Balaban J connectivity index is 1.87. The lowest BCUT2D eigenvalue weighted by molar-refractivity contribution is -0.242. The lowest BCUT2D eigenvalue weighted by atomic mass is 10.1. The second kappa shape index (κ2) is 7.63. The van der Waals surface area contributed by atoms with Crippen LogP contribution < -0.4 is 4.74 Å². The molecule has 0 radical (unpaired) electrons. The van der Waals surface area contributed by atoms with Crippen molar-refractivity contribution in [3.05, 3.63) is 30.3 Å². The summed E-state index contributed by atoms with van der Waals surface area (Å²) in [5.41, 5.74) is 0.0332. The highest BCUT2D eigenvalue weighted by molar-refractivity contribution is 5.88. The van der Waals surface area contributed by atoms with Crippen molar-refractivity contribution in [3.8, 4) is 45.8 Å². The van der Waals surface area contributed by atoms with Gasteiger partial charge < -0.3 is 50.3 Å². The van der Waals surface area contributed by atoms with Crippen LogP contribution in [0, 0.1) is 0 Å². The Morgan fingerprint density at radius 2 is 1.52 bits per heavy atom. The van der Waals surface area contributed by atoms with Crippen molar-refractivity contribution in [1.29, 1.82) is 0 Å². The third-order valence-corrected chi connectivity index (χ3v) is 4.85. The highest BCUT2D eigenvalue weighted by atomic mass is 16.7. The number of phenolic OH excluding ortho intramolecular Hbond substituents is 5. The predicted octanol–water partition coefficient (Wildman–Crippen LogP) is 0.727. The van der Waals surface area contributed by atoms with Crippen molar-refractivity contribution in [2.45, 2.75) is 24.6 Å². The molecule has 0 bridgehead atoms. The van der Waals surface area contributed by atoms with Crippen molar-refractivity contribution < 1.29 is 54.7 Å². The molecule has 31 heavy (non-hydrogen) atoms. The van der Waals surface area contributed by atoms with Crippen LogP contribution in [0.3, 0.4) is 0 Å². The summed E-state index contributed by atoms with van der Waals surface area (Å²) in [6.45, 7) is -0.330. The molecule has 0 aliphatic carbocycles. The van der Waals surface area contributed by atoms with Gasteiger partial charge in [0, 0.05) is 24.3 Å². The molecule has 0 saturated carbocycles. The van der Waals surface area contributed by atoms with Crippen LogP contribution in [0.2, 0.25) is 0 Å². The van der Waals surface area contributed by atoms with E-state index in [0.29, 0.717) is 0 Å². The lowest BCUT2D eigenvalue weighted by Gasteiger charge is -2.34. The Morgan fingerprint density at radius 3 is 2.19 bits per heavy atom. The lowest BCUT2D eigenvalue weighted by Crippen LogP contribution is -2.54. The van der Waals surface area contributed by atoms with E-state index in [0.717, 1.165) is 18.2 Å². The number of aliphatic hydroxyl groups excluding tert-OH is 3. The summed E-state index contributed by atoms with van der Waals surface area (Å²) in [5.74, 6) is -3.03. The van der Waals surface area contributed by atoms with Gasteiger partial charge in [0.05, 0.1) is 18.2 Å². The van der Waals surface area contributed by atoms with E-state index in [2.05, 4.69) is 0 Å². The minimum atomic E-state index is -1.64. The highest BCUT2D eigenvalue weighted by Crippen LogP contribution is 2.44. The van der Waals surface area contributed by atoms with Crippen molar-refractivity contribution in [2.75, 3.05) is 6.61 Å². The molecule has 1 fully saturated rings. The Bertz CT molecular complexity index is 1120. The summed E-state index contributed by atoms with van der Waals surface area (Å²) in [6.07, 6.45) is -5.95. The average molecular weight is 435 g/mol. The van der Waals surface area contributed by atoms with Gasteiger partial charge in [-0.25, -0.2) is 4.42 Å². The minimum absolute atomic E-state index is 0.00692. The molecule has 8 N–H and O–H groups in total. The van der Waals surface area contributed by atoms with Gasteiger partial charge in [-0.3, -0.25) is 0 Å². The normalized spacial score (nSPS) is 23.7. The van der Waals surface area contributed by atoms with E-state index in [1.165, 1.54) is 12.1 Å². The first-order chi connectivity index (χ1) is 14.7. The third-order valence-electron chi connectivity index (χ3n) is 4.85. The van der Waals surface area contributed by atoms with E-state index in [9.17, 15) is 40.9 Å². The summed E-state index contributed by atoms with van der Waals surface area (Å²) in [7, 11) is 0. The second-order valence-corrected chi connectivity index (χ2v) is 7.05. The number of ether oxygens (including phenoxy) is 2. The predicted molar refractivity (Wildman–Crippen MR) is 103 cm³/mol. The van der Waals surface area contributed by atoms with E-state index in [4.69, 9.17) is 13.9 Å². The first kappa shape index (κ1) is 20.8. The van der Waals surface area contributed by atoms with Crippen LogP contribution in [-0.4, -0.2) is 72.1 Å². The van der Waals surface area contributed by atoms with Crippen molar-refractivity contribution >= 4 is 11.0 Å². The number of hydrogen-bond donors (Lipinski definition) is 8. The maximum absolute atomic E-state index is 10.2. The molecule has 11 heteroatoms. The van der Waals surface area contributed by atoms with Gasteiger partial charge in [0.2, 0.25) is 12.0 Å². The van der Waals surface area contributed by atoms with Crippen LogP contribution in [-0.2, 0) is 4.74 Å². The Hall–Kier alpha value is -3.51. The largest absolute Gasteiger partial charge is 0.507 e. The van der Waals surface area contributed by atoms with Crippen LogP contribution in [0.25, 0.3) is 22.3 Å². The molecule has 0 unspecified atom stereocenters. The van der Waals surface area contributed by atoms with E-state index in [1.54, 1.807) is 0 Å². The Morgan fingerprint density at radius 1 is 0.839 bits per heavy atom. The molecule has 2 aromatic carbocycles. The molecule has 3 aromatic rings. The average Bonchev–Trinajstić information content (AvgIpc) is 2.72. The first-order valence-electron chi connectivity index (χ1n) is 9.06. The first-order valence-corrected chi connectivity index (χ1v) is 9.06. The van der Waals surface area contributed by atoms with E-state index >= 15 is 0 Å². The molecular weight excluding hydrogens is 416 g/mol. The van der Waals surface area contributed by atoms with E-state index in [1.807, 2.05) is 0 Å². The van der Waals surface area contributed by atoms with Crippen LogP contribution in [0.5, 0.6) is 34.5 Å². The summed E-state index contributed by atoms with van der Waals surface area (Å²) in [4.78, 5) is 0. The molecule has 1 aromatic heterocycles. The SMILES string of the molecule is Oc1cc(O)c2cc(O[C@H]3OC[C@H](O)[C@H](O)[C@H]3O)c(-c3cc(O)c(O)c(O)c3)[o+]c2c1. The quantitative estimate of drug-likeness (QED) is 0.214. The highest BCUT2D eigenvalue weighted by Gasteiger charge is 2.40. The Kier molecular flexibility index (Phi) is 5.11. The molecular formula is C20H19O11+. The van der Waals surface area contributed by atoms with Crippen LogP contribution in [0.15, 0.2) is 34.7 Å². The van der Waals surface area contributed by atoms with E-state index in [-0.39, 0.29) is 46.1 Å². The standard InChI is InChI=1S/C20H18O11/c21-8-3-10(22)9-5-15(31-20-18(28)17(27)13(25)6-29-20)19(30-14(9)4-8)7-1-11(23)16(26)12(24)2-7/h1-5,13,17-18,20,25,27-28H,6H2,(H4-,21,22,23,24,26)/p+1/t13-,17-,18+,20+/m0/s1. The molecule has 0 amide bonds. The second-order valence-electron chi connectivity index (χ2n) is 7.05. The van der Waals surface area contributed by atoms with Gasteiger partial charge in [0.25, 0.3) is 0 Å². The molecule has 4 rings (SSSR count). The number of hydrogen-bond acceptors (Lipinski definition) is 10. The van der Waals surface area contributed by atoms with Gasteiger partial charge in [-0.1, -0.05) is 0 Å². The molecule has 1 aliphatic heterocycles. The van der Waals surface area contributed by atoms with Gasteiger partial charge in [0.15, 0.2) is 17.2 Å². The zero-order valence-corrected chi connectivity index (χ0v) is 15.7. The number of aliphatic hydroxyl groups is 3. The Labute approximate surface area is 173 Å². The van der Waals surface area contributed by atoms with Crippen molar-refractivity contribution in [2.24, 2.45) is 0 Å². The number of fused-ring (bicyclic) bond motifs is 1. The summed E-state index contributed by atoms with van der Waals surface area (Å²) in [5, 5.41) is 79.0. The molecule has 2 heterocycles. The van der Waals surface area contributed by atoms with Crippen molar-refractivity contribution in [3.63, 3.8) is 0 Å². The van der Waals surface area contributed by atoms with Crippen LogP contribution in [0.1, 0.15) is 0 Å². The summed E-state index contributed by atoms with van der Waals surface area (Å²) in [6, 6.07) is 5.68. The number of rotatable bonds is 3. The van der Waals surface area contributed by atoms with Gasteiger partial charge in [-0.15, -0.1) is 0 Å². The van der Waals surface area contributed by atoms with Crippen LogP contribution >= 0.6 is 0 Å². The monoisotopic (exact) mass is 435 g/mol. The smallest absolute Gasteiger partial charge is 0.402 e. The number of phenols is 5. The fourth-order valence-electron chi connectivity index (χ4n) is 3.22. The molecule has 0 spiro atoms. The van der Waals surface area contributed by atoms with Gasteiger partial charge in [-0.2, -0.15) is 0 Å². The van der Waals surface area contributed by atoms with Gasteiger partial charge >= 0.3 is 11.3 Å². The minimum Gasteiger partial charge on any atom is -0.507 e. The maximum atomic E-state index is 10.2. The zero-order chi connectivity index (χ0) is 22.4. The fourth-order valence-corrected chi connectivity index (χ4v) is 3.22. The maximum Gasteiger partial charge on any atom is 0.402 e. The molecule has 1 aliphatic rings.